The molecule has 1 aromatic carbocycles. The number of nitrogen functional groups attached to an aromatic ring is 1. The number of nitrogens with two attached hydrogens (primary N) is 1. The second kappa shape index (κ2) is 4.44. The van der Waals surface area contributed by atoms with Gasteiger partial charge in [0.15, 0.2) is 17.3 Å². The average molecular weight is 283 g/mol. The summed E-state index contributed by atoms with van der Waals surface area (Å²) < 4.78 is 10.9. The summed E-state index contributed by atoms with van der Waals surface area (Å²) in [7, 11) is 0. The third-order valence-corrected chi connectivity index (χ3v) is 3.93. The molecule has 6 heteroatoms. The molecule has 21 heavy (non-hydrogen) atoms. The number of nitrogens with zero attached hydrogens (tertiary/aromatic N) is 2. The Kier molecular flexibility index (Phi) is 2.57. The first-order valence-corrected chi connectivity index (χ1v) is 6.75. The predicted octanol–water partition coefficient (Wildman–Crippen LogP) is 1.70. The molecule has 6 nitrogen and oxygen atoms in total. The Morgan fingerprint density at radius 3 is 3.05 bits per heavy atom. The lowest BCUT2D eigenvalue weighted by molar-refractivity contribution is 0.0962. The van der Waals surface area contributed by atoms with Gasteiger partial charge in [-0.05, 0) is 12.5 Å². The van der Waals surface area contributed by atoms with Crippen LogP contribution in [-0.2, 0) is 6.42 Å². The van der Waals surface area contributed by atoms with Gasteiger partial charge in [0.05, 0.1) is 11.3 Å². The molecule has 4 rings (SSSR count). The van der Waals surface area contributed by atoms with Gasteiger partial charge in [-0.1, -0.05) is 12.1 Å². The Morgan fingerprint density at radius 2 is 2.14 bits per heavy atom. The van der Waals surface area contributed by atoms with Crippen LogP contribution in [0.4, 0.5) is 5.95 Å². The minimum atomic E-state index is 0.0240. The van der Waals surface area contributed by atoms with Gasteiger partial charge >= 0.3 is 0 Å². The van der Waals surface area contributed by atoms with Crippen molar-refractivity contribution >= 4 is 11.7 Å². The van der Waals surface area contributed by atoms with Gasteiger partial charge in [-0.2, -0.15) is 0 Å². The van der Waals surface area contributed by atoms with Crippen LogP contribution in [0.2, 0.25) is 0 Å². The van der Waals surface area contributed by atoms with Crippen LogP contribution in [0, 0.1) is 0 Å². The molecule has 2 aliphatic rings. The van der Waals surface area contributed by atoms with E-state index in [-0.39, 0.29) is 24.4 Å². The molecule has 2 aromatic rings. The summed E-state index contributed by atoms with van der Waals surface area (Å²) in [6, 6.07) is 5.75. The van der Waals surface area contributed by atoms with Crippen molar-refractivity contribution in [2.45, 2.75) is 18.8 Å². The molecule has 0 saturated carbocycles. The SMILES string of the molecule is Nc1ncc2c(n1)CC(c1cccc3c1OCO3)CC2=O. The van der Waals surface area contributed by atoms with Crippen LogP contribution in [-0.4, -0.2) is 22.5 Å². The number of ketones is 1. The van der Waals surface area contributed by atoms with E-state index in [1.54, 1.807) is 0 Å². The Balaban J connectivity index is 1.76. The van der Waals surface area contributed by atoms with Gasteiger partial charge in [-0.3, -0.25) is 4.79 Å². The Hall–Kier alpha value is -2.63. The highest BCUT2D eigenvalue weighted by atomic mass is 16.7. The minimum absolute atomic E-state index is 0.0240. The van der Waals surface area contributed by atoms with E-state index < -0.39 is 0 Å². The molecule has 2 heterocycles. The van der Waals surface area contributed by atoms with Crippen molar-refractivity contribution in [3.63, 3.8) is 0 Å². The number of fused-ring (bicyclic) bond motifs is 2. The van der Waals surface area contributed by atoms with Crippen molar-refractivity contribution in [1.29, 1.82) is 0 Å². The van der Waals surface area contributed by atoms with E-state index >= 15 is 0 Å². The van der Waals surface area contributed by atoms with Crippen molar-refractivity contribution in [3.05, 3.63) is 41.2 Å². The minimum Gasteiger partial charge on any atom is -0.454 e. The maximum absolute atomic E-state index is 12.3. The summed E-state index contributed by atoms with van der Waals surface area (Å²) >= 11 is 0. The van der Waals surface area contributed by atoms with Crippen molar-refractivity contribution in [2.75, 3.05) is 12.5 Å². The molecule has 0 fully saturated rings. The summed E-state index contributed by atoms with van der Waals surface area (Å²) in [6.45, 7) is 0.221. The Morgan fingerprint density at radius 1 is 1.24 bits per heavy atom. The zero-order valence-electron chi connectivity index (χ0n) is 11.2. The molecule has 106 valence electrons. The van der Waals surface area contributed by atoms with Crippen molar-refractivity contribution in [1.82, 2.24) is 9.97 Å². The van der Waals surface area contributed by atoms with Crippen LogP contribution >= 0.6 is 0 Å². The standard InChI is InChI=1S/C15H13N3O3/c16-15-17-6-10-11(18-15)4-8(5-12(10)19)9-2-1-3-13-14(9)21-7-20-13/h1-3,6,8H,4-5,7H2,(H2,16,17,18). The maximum atomic E-state index is 12.3. The van der Waals surface area contributed by atoms with E-state index in [9.17, 15) is 4.79 Å². The number of anilines is 1. The molecule has 0 saturated heterocycles. The van der Waals surface area contributed by atoms with E-state index in [1.165, 1.54) is 6.20 Å². The van der Waals surface area contributed by atoms with E-state index in [1.807, 2.05) is 18.2 Å². The molecule has 0 amide bonds. The molecule has 0 radical (unpaired) electrons. The van der Waals surface area contributed by atoms with E-state index in [4.69, 9.17) is 15.2 Å². The highest BCUT2D eigenvalue weighted by molar-refractivity contribution is 5.98. The molecule has 2 N–H and O–H groups in total. The van der Waals surface area contributed by atoms with Gasteiger partial charge in [0.1, 0.15) is 0 Å². The summed E-state index contributed by atoms with van der Waals surface area (Å²) in [5.74, 6) is 1.72. The predicted molar refractivity (Wildman–Crippen MR) is 74.4 cm³/mol. The lowest BCUT2D eigenvalue weighted by Crippen LogP contribution is -2.21. The number of Topliss-reactive ketones (excluding diaryl/α,β-unsaturated/α-hetero) is 1. The molecule has 1 atom stereocenters. The van der Waals surface area contributed by atoms with Gasteiger partial charge in [0, 0.05) is 24.1 Å². The van der Waals surface area contributed by atoms with Gasteiger partial charge in [0.2, 0.25) is 12.7 Å². The summed E-state index contributed by atoms with van der Waals surface area (Å²) in [6.07, 6.45) is 2.58. The number of para-hydroxylation sites is 1. The Bertz CT molecular complexity index is 745. The number of hydrogen-bond acceptors (Lipinski definition) is 6. The number of aromatic nitrogens is 2. The molecule has 1 aliphatic heterocycles. The fourth-order valence-corrected chi connectivity index (χ4v) is 2.95. The molecule has 0 bridgehead atoms. The van der Waals surface area contributed by atoms with E-state index in [0.29, 0.717) is 24.1 Å². The first-order chi connectivity index (χ1) is 10.2. The number of hydrogen-bond donors (Lipinski definition) is 1. The molecule has 1 aromatic heterocycles. The lowest BCUT2D eigenvalue weighted by atomic mass is 9.81. The van der Waals surface area contributed by atoms with Gasteiger partial charge in [0.25, 0.3) is 0 Å². The number of benzene rings is 1. The van der Waals surface area contributed by atoms with E-state index in [2.05, 4.69) is 9.97 Å². The third-order valence-electron chi connectivity index (χ3n) is 3.93. The quantitative estimate of drug-likeness (QED) is 0.857. The fraction of sp³-hybridized carbons (Fsp3) is 0.267. The average Bonchev–Trinajstić information content (AvgIpc) is 2.94. The van der Waals surface area contributed by atoms with Crippen LogP contribution in [0.1, 0.15) is 34.0 Å². The fourth-order valence-electron chi connectivity index (χ4n) is 2.95. The van der Waals surface area contributed by atoms with Gasteiger partial charge in [-0.25, -0.2) is 9.97 Å². The van der Waals surface area contributed by atoms with Crippen LogP contribution in [0.25, 0.3) is 0 Å². The number of ether oxygens (including phenoxy) is 2. The third kappa shape index (κ3) is 1.91. The highest BCUT2D eigenvalue weighted by Gasteiger charge is 2.31. The molecule has 1 unspecified atom stereocenters. The van der Waals surface area contributed by atoms with Crippen LogP contribution < -0.4 is 15.2 Å². The highest BCUT2D eigenvalue weighted by Crippen LogP contribution is 2.43. The van der Waals surface area contributed by atoms with Gasteiger partial charge < -0.3 is 15.2 Å². The summed E-state index contributed by atoms with van der Waals surface area (Å²) in [5, 5.41) is 0. The lowest BCUT2D eigenvalue weighted by Gasteiger charge is -2.23. The Labute approximate surface area is 120 Å². The topological polar surface area (TPSA) is 87.3 Å². The number of rotatable bonds is 1. The van der Waals surface area contributed by atoms with Crippen molar-refractivity contribution in [2.24, 2.45) is 0 Å². The van der Waals surface area contributed by atoms with Crippen molar-refractivity contribution < 1.29 is 14.3 Å². The zero-order chi connectivity index (χ0) is 14.4. The first kappa shape index (κ1) is 12.1. The molecular formula is C15H13N3O3. The normalized spacial score (nSPS) is 19.4. The summed E-state index contributed by atoms with van der Waals surface area (Å²) in [4.78, 5) is 20.4. The number of carbonyl (C=O) groups excluding carboxylic acids is 1. The smallest absolute Gasteiger partial charge is 0.231 e. The van der Waals surface area contributed by atoms with Crippen molar-refractivity contribution in [3.8, 4) is 11.5 Å². The summed E-state index contributed by atoms with van der Waals surface area (Å²) in [5.41, 5.74) is 7.89. The van der Waals surface area contributed by atoms with E-state index in [0.717, 1.165) is 17.1 Å². The monoisotopic (exact) mass is 283 g/mol. The molecule has 0 spiro atoms. The largest absolute Gasteiger partial charge is 0.454 e. The van der Waals surface area contributed by atoms with Crippen LogP contribution in [0.5, 0.6) is 11.5 Å². The zero-order valence-corrected chi connectivity index (χ0v) is 11.2. The molecular weight excluding hydrogens is 270 g/mol. The second-order valence-corrected chi connectivity index (χ2v) is 5.20. The van der Waals surface area contributed by atoms with Gasteiger partial charge in [-0.15, -0.1) is 0 Å². The van der Waals surface area contributed by atoms with Crippen LogP contribution in [0.3, 0.4) is 0 Å². The van der Waals surface area contributed by atoms with Crippen LogP contribution in [0.15, 0.2) is 24.4 Å². The second-order valence-electron chi connectivity index (χ2n) is 5.20. The number of carbonyl (C=O) groups is 1. The maximum Gasteiger partial charge on any atom is 0.231 e. The molecule has 1 aliphatic carbocycles. The first-order valence-electron chi connectivity index (χ1n) is 6.75.